The van der Waals surface area contributed by atoms with E-state index in [9.17, 15) is 4.79 Å². The summed E-state index contributed by atoms with van der Waals surface area (Å²) in [6.45, 7) is 10.0. The lowest BCUT2D eigenvalue weighted by Crippen LogP contribution is -2.43. The van der Waals surface area contributed by atoms with Crippen molar-refractivity contribution in [3.63, 3.8) is 0 Å². The molecule has 1 atom stereocenters. The summed E-state index contributed by atoms with van der Waals surface area (Å²) in [5.74, 6) is 0.930. The van der Waals surface area contributed by atoms with Gasteiger partial charge in [0.05, 0.1) is 25.3 Å². The molecule has 0 radical (unpaired) electrons. The van der Waals surface area contributed by atoms with Crippen LogP contribution in [0, 0.1) is 6.92 Å². The van der Waals surface area contributed by atoms with Crippen LogP contribution in [-0.2, 0) is 11.3 Å². The number of rotatable bonds is 9. The normalized spacial score (nSPS) is 18.8. The molecule has 36 heavy (non-hydrogen) atoms. The number of benzene rings is 1. The first kappa shape index (κ1) is 25.0. The van der Waals surface area contributed by atoms with Crippen LogP contribution >= 0.6 is 0 Å². The number of aromatic amines is 1. The molecule has 2 aliphatic rings. The van der Waals surface area contributed by atoms with Gasteiger partial charge < -0.3 is 9.72 Å². The van der Waals surface area contributed by atoms with Crippen LogP contribution in [0.2, 0.25) is 0 Å². The molecule has 3 heterocycles. The van der Waals surface area contributed by atoms with Crippen molar-refractivity contribution in [1.82, 2.24) is 35.0 Å². The van der Waals surface area contributed by atoms with Crippen LogP contribution in [0.25, 0.3) is 10.9 Å². The number of nitrogens with zero attached hydrogens (tertiary/aromatic N) is 6. The largest absolute Gasteiger partial charge is 0.379 e. The molecule has 5 rings (SSSR count). The van der Waals surface area contributed by atoms with Crippen molar-refractivity contribution in [2.75, 3.05) is 39.4 Å². The van der Waals surface area contributed by atoms with Gasteiger partial charge in [0.1, 0.15) is 0 Å². The van der Waals surface area contributed by atoms with Crippen LogP contribution in [0.3, 0.4) is 0 Å². The van der Waals surface area contributed by atoms with Crippen molar-refractivity contribution in [2.24, 2.45) is 0 Å². The molecule has 194 valence electrons. The first-order valence-electron chi connectivity index (χ1n) is 13.6. The Bertz CT molecular complexity index is 1190. The Labute approximate surface area is 212 Å². The molecule has 1 aliphatic carbocycles. The smallest absolute Gasteiger partial charge is 0.252 e. The molecule has 1 aliphatic heterocycles. The van der Waals surface area contributed by atoms with Gasteiger partial charge in [-0.25, -0.2) is 4.68 Å². The third-order valence-corrected chi connectivity index (χ3v) is 7.82. The number of hydrogen-bond donors (Lipinski definition) is 1. The van der Waals surface area contributed by atoms with Crippen LogP contribution < -0.4 is 5.56 Å². The third-order valence-electron chi connectivity index (χ3n) is 7.82. The summed E-state index contributed by atoms with van der Waals surface area (Å²) in [4.78, 5) is 21.1. The van der Waals surface area contributed by atoms with E-state index in [0.29, 0.717) is 12.6 Å². The van der Waals surface area contributed by atoms with Crippen LogP contribution in [0.5, 0.6) is 0 Å². The summed E-state index contributed by atoms with van der Waals surface area (Å²) in [6, 6.07) is 8.66. The zero-order valence-corrected chi connectivity index (χ0v) is 21.7. The van der Waals surface area contributed by atoms with E-state index < -0.39 is 0 Å². The summed E-state index contributed by atoms with van der Waals surface area (Å²) >= 11 is 0. The van der Waals surface area contributed by atoms with Gasteiger partial charge in [0.2, 0.25) is 0 Å². The van der Waals surface area contributed by atoms with E-state index in [-0.39, 0.29) is 11.6 Å². The number of tetrazole rings is 1. The van der Waals surface area contributed by atoms with E-state index in [2.05, 4.69) is 54.0 Å². The zero-order valence-electron chi connectivity index (χ0n) is 21.7. The number of hydrogen-bond acceptors (Lipinski definition) is 7. The number of fused-ring (bicyclic) bond motifs is 1. The maximum absolute atomic E-state index is 13.1. The molecule has 0 spiro atoms. The van der Waals surface area contributed by atoms with Gasteiger partial charge >= 0.3 is 0 Å². The Hall–Kier alpha value is -2.62. The van der Waals surface area contributed by atoms with Gasteiger partial charge in [-0.1, -0.05) is 38.3 Å². The van der Waals surface area contributed by atoms with Gasteiger partial charge in [0.15, 0.2) is 5.82 Å². The molecule has 2 fully saturated rings. The molecule has 0 bridgehead atoms. The number of morpholine rings is 1. The highest BCUT2D eigenvalue weighted by atomic mass is 16.5. The Balaban J connectivity index is 1.44. The molecule has 1 saturated heterocycles. The molecule has 1 aromatic carbocycles. The summed E-state index contributed by atoms with van der Waals surface area (Å²) in [5.41, 5.74) is 2.78. The van der Waals surface area contributed by atoms with Gasteiger partial charge in [-0.15, -0.1) is 5.10 Å². The van der Waals surface area contributed by atoms with Crippen molar-refractivity contribution in [1.29, 1.82) is 0 Å². The zero-order chi connectivity index (χ0) is 24.9. The van der Waals surface area contributed by atoms with Gasteiger partial charge in [-0.3, -0.25) is 14.6 Å². The molecule has 3 aromatic rings. The molecule has 2 aromatic heterocycles. The minimum absolute atomic E-state index is 0.0220. The number of aromatic nitrogens is 5. The molecule has 1 N–H and O–H groups in total. The fourth-order valence-electron chi connectivity index (χ4n) is 5.75. The van der Waals surface area contributed by atoms with Gasteiger partial charge in [0, 0.05) is 43.8 Å². The SMILES string of the molecule is CC[C@H](c1nnnn1C1CCCCC1)N(CCN1CCOCC1)Cc1cc2ccc(C)cc2[nH]c1=O. The maximum Gasteiger partial charge on any atom is 0.252 e. The highest BCUT2D eigenvalue weighted by molar-refractivity contribution is 5.79. The standard InChI is InChI=1S/C27H39N7O2/c1-3-25(26-29-30-31-34(26)23-7-5-4-6-8-23)33(12-11-32-13-15-36-16-14-32)19-22-18-21-10-9-20(2)17-24(21)28-27(22)35/h9-10,17-18,23,25H,3-8,11-16,19H2,1-2H3,(H,28,35)/t25-/m1/s1. The minimum atomic E-state index is -0.0220. The lowest BCUT2D eigenvalue weighted by molar-refractivity contribution is 0.0290. The van der Waals surface area contributed by atoms with E-state index in [1.807, 2.05) is 19.1 Å². The van der Waals surface area contributed by atoms with Crippen LogP contribution in [-0.4, -0.2) is 74.4 Å². The molecule has 9 nitrogen and oxygen atoms in total. The summed E-state index contributed by atoms with van der Waals surface area (Å²) < 4.78 is 7.63. The van der Waals surface area contributed by atoms with E-state index in [4.69, 9.17) is 4.74 Å². The van der Waals surface area contributed by atoms with E-state index in [1.54, 1.807) is 0 Å². The second-order valence-corrected chi connectivity index (χ2v) is 10.3. The van der Waals surface area contributed by atoms with Gasteiger partial charge in [-0.2, -0.15) is 0 Å². The van der Waals surface area contributed by atoms with Gasteiger partial charge in [0.25, 0.3) is 5.56 Å². The summed E-state index contributed by atoms with van der Waals surface area (Å²) in [6.07, 6.45) is 6.89. The molecule has 9 heteroatoms. The summed E-state index contributed by atoms with van der Waals surface area (Å²) in [5, 5.41) is 14.2. The number of nitrogens with one attached hydrogen (secondary N) is 1. The number of H-pyrrole nitrogens is 1. The molecule has 0 amide bonds. The van der Waals surface area contributed by atoms with Crippen LogP contribution in [0.1, 0.15) is 74.5 Å². The van der Waals surface area contributed by atoms with Crippen molar-refractivity contribution in [3.8, 4) is 0 Å². The number of ether oxygens (including phenoxy) is 1. The number of aryl methyl sites for hydroxylation is 1. The average molecular weight is 494 g/mol. The van der Waals surface area contributed by atoms with E-state index in [0.717, 1.165) is 86.5 Å². The monoisotopic (exact) mass is 493 g/mol. The topological polar surface area (TPSA) is 92.2 Å². The van der Waals surface area contributed by atoms with Gasteiger partial charge in [-0.05, 0) is 59.7 Å². The predicted molar refractivity (Wildman–Crippen MR) is 140 cm³/mol. The Morgan fingerprint density at radius 2 is 1.97 bits per heavy atom. The number of pyridine rings is 1. The predicted octanol–water partition coefficient (Wildman–Crippen LogP) is 3.61. The molecule has 0 unspecified atom stereocenters. The molecular weight excluding hydrogens is 454 g/mol. The summed E-state index contributed by atoms with van der Waals surface area (Å²) in [7, 11) is 0. The first-order chi connectivity index (χ1) is 17.6. The third kappa shape index (κ3) is 5.68. The van der Waals surface area contributed by atoms with Crippen molar-refractivity contribution in [3.05, 3.63) is 51.6 Å². The first-order valence-corrected chi connectivity index (χ1v) is 13.6. The lowest BCUT2D eigenvalue weighted by atomic mass is 9.95. The van der Waals surface area contributed by atoms with E-state index in [1.165, 1.54) is 19.3 Å². The fourth-order valence-corrected chi connectivity index (χ4v) is 5.75. The second-order valence-electron chi connectivity index (χ2n) is 10.3. The lowest BCUT2D eigenvalue weighted by Gasteiger charge is -2.34. The van der Waals surface area contributed by atoms with Crippen molar-refractivity contribution in [2.45, 2.75) is 71.0 Å². The van der Waals surface area contributed by atoms with Crippen molar-refractivity contribution >= 4 is 10.9 Å². The Morgan fingerprint density at radius 3 is 2.75 bits per heavy atom. The fraction of sp³-hybridized carbons (Fsp3) is 0.630. The quantitative estimate of drug-likeness (QED) is 0.487. The van der Waals surface area contributed by atoms with E-state index >= 15 is 0 Å². The minimum Gasteiger partial charge on any atom is -0.379 e. The Morgan fingerprint density at radius 1 is 1.17 bits per heavy atom. The van der Waals surface area contributed by atoms with Crippen molar-refractivity contribution < 1.29 is 4.74 Å². The Kier molecular flexibility index (Phi) is 8.09. The average Bonchev–Trinajstić information content (AvgIpc) is 3.39. The highest BCUT2D eigenvalue weighted by Crippen LogP contribution is 2.32. The molecular formula is C27H39N7O2. The van der Waals surface area contributed by atoms with Crippen LogP contribution in [0.4, 0.5) is 0 Å². The maximum atomic E-state index is 13.1. The van der Waals surface area contributed by atoms with Crippen LogP contribution in [0.15, 0.2) is 29.1 Å². The molecule has 1 saturated carbocycles. The second kappa shape index (κ2) is 11.6. The highest BCUT2D eigenvalue weighted by Gasteiger charge is 2.29.